The van der Waals surface area contributed by atoms with E-state index in [0.717, 1.165) is 57.8 Å². The predicted octanol–water partition coefficient (Wildman–Crippen LogP) is 6.88. The van der Waals surface area contributed by atoms with E-state index in [4.69, 9.17) is 24.8 Å². The number of phosphoric acid groups is 1. The third-order valence-electron chi connectivity index (χ3n) is 10.1. The van der Waals surface area contributed by atoms with Crippen molar-refractivity contribution >= 4 is 25.7 Å². The van der Waals surface area contributed by atoms with Crippen molar-refractivity contribution in [2.75, 3.05) is 19.8 Å². The summed E-state index contributed by atoms with van der Waals surface area (Å²) in [7, 11) is -4.76. The van der Waals surface area contributed by atoms with Gasteiger partial charge in [0.05, 0.1) is 31.5 Å². The number of aliphatic hydroxyl groups excluding tert-OH is 3. The lowest BCUT2D eigenvalue weighted by Gasteiger charge is -2.21. The minimum absolute atomic E-state index is 0.0982. The zero-order valence-corrected chi connectivity index (χ0v) is 34.5. The number of aliphatic carboxylic acids is 1. The number of unbranched alkanes of at least 4 members (excludes halogenated alkanes) is 15. The Hall–Kier alpha value is -1.90. The van der Waals surface area contributed by atoms with Crippen molar-refractivity contribution in [2.24, 2.45) is 17.6 Å². The topological polar surface area (TPSA) is 232 Å². The molecular formula is C40H74NO13P. The Labute approximate surface area is 329 Å². The number of nitrogens with two attached hydrogens (primary N) is 1. The second-order valence-corrected chi connectivity index (χ2v) is 16.6. The molecule has 0 aromatic heterocycles. The lowest BCUT2D eigenvalue weighted by molar-refractivity contribution is -0.161. The van der Waals surface area contributed by atoms with E-state index < -0.39 is 76.0 Å². The molecule has 15 heteroatoms. The number of ether oxygens (including phenoxy) is 2. The fourth-order valence-corrected chi connectivity index (χ4v) is 7.53. The smallest absolute Gasteiger partial charge is 0.472 e. The Morgan fingerprint density at radius 3 is 1.87 bits per heavy atom. The SMILES string of the molecule is CCCCCCCCCCCCCC(=O)O[C@H](COC(=O)CCCCCC[C@@H]1[C@@H](/C=C/[C@@H](O)CCCCC)[C@H](O)C[C@@H]1O)COP(=O)(O)OC[C@H](N)C(=O)O. The molecule has 1 aliphatic carbocycles. The maximum atomic E-state index is 12.6. The van der Waals surface area contributed by atoms with E-state index in [9.17, 15) is 39.2 Å². The number of hydrogen-bond donors (Lipinski definition) is 6. The van der Waals surface area contributed by atoms with Gasteiger partial charge in [-0.1, -0.05) is 129 Å². The van der Waals surface area contributed by atoms with Gasteiger partial charge in [0.2, 0.25) is 0 Å². The summed E-state index contributed by atoms with van der Waals surface area (Å²) in [4.78, 5) is 46.0. The van der Waals surface area contributed by atoms with E-state index in [-0.39, 0.29) is 24.7 Å². The molecule has 0 radical (unpaired) electrons. The summed E-state index contributed by atoms with van der Waals surface area (Å²) in [6.45, 7) is 2.47. The molecular weight excluding hydrogens is 733 g/mol. The maximum absolute atomic E-state index is 12.6. The van der Waals surface area contributed by atoms with Crippen LogP contribution in [-0.4, -0.2) is 93.5 Å². The number of esters is 2. The van der Waals surface area contributed by atoms with E-state index in [2.05, 4.69) is 18.4 Å². The normalized spacial score (nSPS) is 21.3. The van der Waals surface area contributed by atoms with Crippen molar-refractivity contribution in [3.05, 3.63) is 12.2 Å². The summed E-state index contributed by atoms with van der Waals surface area (Å²) in [5, 5.41) is 40.2. The van der Waals surface area contributed by atoms with E-state index in [1.807, 2.05) is 6.08 Å². The van der Waals surface area contributed by atoms with E-state index in [0.29, 0.717) is 32.1 Å². The fourth-order valence-electron chi connectivity index (χ4n) is 6.75. The lowest BCUT2D eigenvalue weighted by Crippen LogP contribution is -2.34. The number of carbonyl (C=O) groups is 3. The summed E-state index contributed by atoms with van der Waals surface area (Å²) < 4.78 is 32.6. The molecule has 0 amide bonds. The summed E-state index contributed by atoms with van der Waals surface area (Å²) >= 11 is 0. The van der Waals surface area contributed by atoms with Crippen molar-refractivity contribution in [1.29, 1.82) is 0 Å². The molecule has 1 saturated carbocycles. The Bertz CT molecular complexity index is 1110. The van der Waals surface area contributed by atoms with E-state index >= 15 is 0 Å². The van der Waals surface area contributed by atoms with Gasteiger partial charge in [0.15, 0.2) is 6.10 Å². The van der Waals surface area contributed by atoms with Gasteiger partial charge in [-0.05, 0) is 31.6 Å². The second kappa shape index (κ2) is 31.1. The first-order valence-corrected chi connectivity index (χ1v) is 22.5. The highest BCUT2D eigenvalue weighted by Gasteiger charge is 2.39. The third-order valence-corrected chi connectivity index (χ3v) is 11.1. The molecule has 0 spiro atoms. The average molecular weight is 808 g/mol. The molecule has 1 unspecified atom stereocenters. The van der Waals surface area contributed by atoms with Crippen LogP contribution in [0.5, 0.6) is 0 Å². The molecule has 0 aliphatic heterocycles. The molecule has 7 N–H and O–H groups in total. The molecule has 0 aromatic rings. The fraction of sp³-hybridized carbons (Fsp3) is 0.875. The molecule has 14 nitrogen and oxygen atoms in total. The van der Waals surface area contributed by atoms with Crippen molar-refractivity contribution in [3.63, 3.8) is 0 Å². The van der Waals surface area contributed by atoms with Crippen LogP contribution in [0.1, 0.15) is 162 Å². The van der Waals surface area contributed by atoms with Crippen LogP contribution >= 0.6 is 7.82 Å². The quantitative estimate of drug-likeness (QED) is 0.0166. The van der Waals surface area contributed by atoms with Crippen LogP contribution in [0, 0.1) is 11.8 Å². The number of hydrogen-bond acceptors (Lipinski definition) is 12. The zero-order valence-electron chi connectivity index (χ0n) is 33.6. The number of carbonyl (C=O) groups excluding carboxylic acids is 2. The molecule has 1 rings (SSSR count). The molecule has 8 atom stereocenters. The zero-order chi connectivity index (χ0) is 40.9. The number of aliphatic hydroxyl groups is 3. The first-order chi connectivity index (χ1) is 26.3. The third kappa shape index (κ3) is 25.9. The van der Waals surface area contributed by atoms with Gasteiger partial charge < -0.3 is 40.5 Å². The molecule has 0 saturated heterocycles. The Balaban J connectivity index is 2.49. The van der Waals surface area contributed by atoms with Crippen LogP contribution in [0.4, 0.5) is 0 Å². The summed E-state index contributed by atoms with van der Waals surface area (Å²) in [6.07, 6.45) is 20.7. The van der Waals surface area contributed by atoms with Gasteiger partial charge in [-0.25, -0.2) is 4.57 Å². The highest BCUT2D eigenvalue weighted by molar-refractivity contribution is 7.47. The van der Waals surface area contributed by atoms with Gasteiger partial charge in [0.1, 0.15) is 12.6 Å². The molecule has 1 fully saturated rings. The number of carboxylic acids is 1. The predicted molar refractivity (Wildman–Crippen MR) is 210 cm³/mol. The van der Waals surface area contributed by atoms with Crippen LogP contribution in [0.25, 0.3) is 0 Å². The van der Waals surface area contributed by atoms with Crippen LogP contribution < -0.4 is 5.73 Å². The van der Waals surface area contributed by atoms with Crippen molar-refractivity contribution in [1.82, 2.24) is 0 Å². The van der Waals surface area contributed by atoms with Crippen molar-refractivity contribution < 1.29 is 62.8 Å². The second-order valence-electron chi connectivity index (χ2n) is 15.1. The van der Waals surface area contributed by atoms with Crippen LogP contribution in [0.2, 0.25) is 0 Å². The van der Waals surface area contributed by atoms with Crippen molar-refractivity contribution in [2.45, 2.75) is 192 Å². The highest BCUT2D eigenvalue weighted by atomic mass is 31.2. The van der Waals surface area contributed by atoms with Gasteiger partial charge in [0, 0.05) is 25.2 Å². The van der Waals surface area contributed by atoms with Gasteiger partial charge in [-0.2, -0.15) is 0 Å². The molecule has 0 bridgehead atoms. The summed E-state index contributed by atoms with van der Waals surface area (Å²) in [5.74, 6) is -2.86. The largest absolute Gasteiger partial charge is 0.480 e. The Kier molecular flexibility index (Phi) is 28.9. The monoisotopic (exact) mass is 807 g/mol. The standard InChI is InChI=1S/C40H74NO13P/c1-3-5-7-8-9-10-11-12-13-14-20-24-39(46)54-32(29-52-55(49,50)53-30-35(41)40(47)48)28-51-38(45)23-19-16-15-18-22-33-34(37(44)27-36(33)43)26-25-31(42)21-17-6-4-2/h25-26,31-37,42-44H,3-24,27-30,41H2,1-2H3,(H,47,48)(H,49,50)/b26-25+/t31-,32+,33+,34+,35-,36-,37+/m0/s1. The lowest BCUT2D eigenvalue weighted by atomic mass is 9.88. The van der Waals surface area contributed by atoms with Gasteiger partial charge >= 0.3 is 25.7 Å². The van der Waals surface area contributed by atoms with Gasteiger partial charge in [-0.3, -0.25) is 23.4 Å². The highest BCUT2D eigenvalue weighted by Crippen LogP contribution is 2.43. The van der Waals surface area contributed by atoms with Crippen LogP contribution in [0.15, 0.2) is 12.2 Å². The van der Waals surface area contributed by atoms with Gasteiger partial charge in [0.25, 0.3) is 0 Å². The molecule has 322 valence electrons. The maximum Gasteiger partial charge on any atom is 0.472 e. The number of phosphoric ester groups is 1. The van der Waals surface area contributed by atoms with E-state index in [1.165, 1.54) is 44.9 Å². The van der Waals surface area contributed by atoms with Crippen molar-refractivity contribution in [3.8, 4) is 0 Å². The first-order valence-electron chi connectivity index (χ1n) is 21.0. The molecule has 0 heterocycles. The minimum atomic E-state index is -4.76. The van der Waals surface area contributed by atoms with Crippen LogP contribution in [-0.2, 0) is 37.5 Å². The Morgan fingerprint density at radius 2 is 1.27 bits per heavy atom. The van der Waals surface area contributed by atoms with E-state index in [1.54, 1.807) is 6.08 Å². The minimum Gasteiger partial charge on any atom is -0.480 e. The summed E-state index contributed by atoms with van der Waals surface area (Å²) in [5.41, 5.74) is 5.32. The number of rotatable bonds is 35. The average Bonchev–Trinajstić information content (AvgIpc) is 3.41. The molecule has 55 heavy (non-hydrogen) atoms. The van der Waals surface area contributed by atoms with Gasteiger partial charge in [-0.15, -0.1) is 0 Å². The summed E-state index contributed by atoms with van der Waals surface area (Å²) in [6, 6.07) is -1.55. The Morgan fingerprint density at radius 1 is 0.745 bits per heavy atom. The molecule has 0 aromatic carbocycles. The molecule has 1 aliphatic rings. The first kappa shape index (κ1) is 51.1. The number of carboxylic acid groups (broad SMARTS) is 1. The van der Waals surface area contributed by atoms with Crippen LogP contribution in [0.3, 0.4) is 0 Å².